The van der Waals surface area contributed by atoms with E-state index in [1.165, 1.54) is 0 Å². The number of benzene rings is 3. The zero-order valence-electron chi connectivity index (χ0n) is 23.7. The van der Waals surface area contributed by atoms with Gasteiger partial charge in [-0.1, -0.05) is 13.2 Å². The molecule has 0 aliphatic carbocycles. The first-order valence-electron chi connectivity index (χ1n) is 12.6. The normalized spacial score (nSPS) is 11.2. The predicted octanol–water partition coefficient (Wildman–Crippen LogP) is 6.57. The van der Waals surface area contributed by atoms with Gasteiger partial charge >= 0.3 is 36.2 Å². The van der Waals surface area contributed by atoms with Gasteiger partial charge in [-0.05, 0) is 48.5 Å². The van der Waals surface area contributed by atoms with E-state index in [1.54, 1.807) is 0 Å². The molecule has 0 heterocycles. The van der Waals surface area contributed by atoms with Gasteiger partial charge in [0.15, 0.2) is 23.1 Å². The van der Waals surface area contributed by atoms with Crippen molar-refractivity contribution in [3.8, 4) is 23.0 Å². The first-order chi connectivity index (χ1) is 22.5. The molecule has 0 amide bonds. The molecule has 3 rings (SSSR count). The number of alkyl halides is 6. The molecule has 0 unspecified atom stereocenters. The molecule has 48 heavy (non-hydrogen) atoms. The topological polar surface area (TPSA) is 124 Å². The third-order valence-electron chi connectivity index (χ3n) is 5.60. The summed E-state index contributed by atoms with van der Waals surface area (Å²) in [7, 11) is 0. The van der Waals surface area contributed by atoms with Gasteiger partial charge in [-0.3, -0.25) is 0 Å². The molecule has 0 aliphatic heterocycles. The molecule has 0 saturated carbocycles. The lowest BCUT2D eigenvalue weighted by Gasteiger charge is -2.21. The van der Waals surface area contributed by atoms with Gasteiger partial charge < -0.3 is 28.4 Å². The highest BCUT2D eigenvalue weighted by molar-refractivity contribution is 5.92. The highest BCUT2D eigenvalue weighted by atomic mass is 19.4. The summed E-state index contributed by atoms with van der Waals surface area (Å²) in [5, 5.41) is 0. The van der Waals surface area contributed by atoms with Gasteiger partial charge in [0.25, 0.3) is 0 Å². The number of carbonyl (C=O) groups excluding carboxylic acids is 4. The third-order valence-corrected chi connectivity index (χ3v) is 5.60. The van der Waals surface area contributed by atoms with Crippen molar-refractivity contribution in [2.45, 2.75) is 12.4 Å². The number of hydrogen-bond acceptors (Lipinski definition) is 10. The maximum Gasteiger partial charge on any atom is 0.420 e. The van der Waals surface area contributed by atoms with Crippen molar-refractivity contribution in [1.82, 2.24) is 0 Å². The standard InChI is InChI=1S/C30H18F8O10/c1-3-23(39)45-13-43-19-7-5-15(11-17(19)31)27(41)47-21-9-10-22(26(30(36,37)38)25(21)29(33,34)35)48-28(42)16-6-8-20(18(32)12-16)44-14-46-24(40)4-2/h3-12H,1-2,13-14H2. The average Bonchev–Trinajstić information content (AvgIpc) is 3.01. The first kappa shape index (κ1) is 36.5. The van der Waals surface area contributed by atoms with Gasteiger partial charge in [0, 0.05) is 12.2 Å². The number of esters is 4. The minimum Gasteiger partial charge on any atom is -0.454 e. The van der Waals surface area contributed by atoms with Crippen LogP contribution in [0.15, 0.2) is 73.8 Å². The Kier molecular flexibility index (Phi) is 11.5. The summed E-state index contributed by atoms with van der Waals surface area (Å²) < 4.78 is 141. The van der Waals surface area contributed by atoms with Crippen LogP contribution < -0.4 is 18.9 Å². The Balaban J connectivity index is 1.90. The summed E-state index contributed by atoms with van der Waals surface area (Å²) in [6.45, 7) is 4.66. The molecule has 3 aromatic rings. The van der Waals surface area contributed by atoms with Crippen LogP contribution in [0.25, 0.3) is 0 Å². The van der Waals surface area contributed by atoms with E-state index in [2.05, 4.69) is 32.1 Å². The fraction of sp³-hybridized carbons (Fsp3) is 0.133. The second kappa shape index (κ2) is 15.1. The summed E-state index contributed by atoms with van der Waals surface area (Å²) in [6.07, 6.45) is -10.2. The summed E-state index contributed by atoms with van der Waals surface area (Å²) in [5.74, 6) is -12.4. The van der Waals surface area contributed by atoms with Gasteiger partial charge in [0.2, 0.25) is 13.6 Å². The van der Waals surface area contributed by atoms with Crippen LogP contribution in [-0.4, -0.2) is 37.5 Å². The molecule has 0 aromatic heterocycles. The zero-order valence-corrected chi connectivity index (χ0v) is 23.7. The molecule has 0 N–H and O–H groups in total. The lowest BCUT2D eigenvalue weighted by Crippen LogP contribution is -2.22. The average molecular weight is 690 g/mol. The summed E-state index contributed by atoms with van der Waals surface area (Å²) in [4.78, 5) is 47.2. The van der Waals surface area contributed by atoms with E-state index < -0.39 is 107 Å². The van der Waals surface area contributed by atoms with E-state index in [-0.39, 0.29) is 12.1 Å². The molecular weight excluding hydrogens is 672 g/mol. The van der Waals surface area contributed by atoms with Crippen LogP contribution in [-0.2, 0) is 31.4 Å². The summed E-state index contributed by atoms with van der Waals surface area (Å²) in [5.41, 5.74) is -6.70. The molecular formula is C30H18F8O10. The van der Waals surface area contributed by atoms with Crippen molar-refractivity contribution in [3.05, 3.63) is 108 Å². The second-order valence-corrected chi connectivity index (χ2v) is 8.74. The second-order valence-electron chi connectivity index (χ2n) is 8.74. The summed E-state index contributed by atoms with van der Waals surface area (Å²) in [6, 6.07) is 4.47. The Labute approximate surface area is 263 Å². The van der Waals surface area contributed by atoms with E-state index >= 15 is 0 Å². The Morgan fingerprint density at radius 3 is 1.21 bits per heavy atom. The molecule has 0 fully saturated rings. The van der Waals surface area contributed by atoms with Gasteiger partial charge in [-0.25, -0.2) is 28.0 Å². The number of ether oxygens (including phenoxy) is 6. The Bertz CT molecular complexity index is 1620. The molecule has 0 atom stereocenters. The molecule has 18 heteroatoms. The third kappa shape index (κ3) is 9.30. The van der Waals surface area contributed by atoms with Crippen molar-refractivity contribution in [2.24, 2.45) is 0 Å². The molecule has 0 bridgehead atoms. The molecule has 0 spiro atoms. The van der Waals surface area contributed by atoms with Gasteiger partial charge in [-0.15, -0.1) is 0 Å². The first-order valence-corrected chi connectivity index (χ1v) is 12.6. The Morgan fingerprint density at radius 1 is 0.583 bits per heavy atom. The fourth-order valence-electron chi connectivity index (χ4n) is 3.52. The summed E-state index contributed by atoms with van der Waals surface area (Å²) >= 11 is 0. The molecule has 0 saturated heterocycles. The van der Waals surface area contributed by atoms with E-state index in [4.69, 9.17) is 9.47 Å². The van der Waals surface area contributed by atoms with Crippen LogP contribution in [0.1, 0.15) is 31.8 Å². The van der Waals surface area contributed by atoms with Crippen LogP contribution in [0.5, 0.6) is 23.0 Å². The predicted molar refractivity (Wildman–Crippen MR) is 143 cm³/mol. The number of hydrogen-bond donors (Lipinski definition) is 0. The van der Waals surface area contributed by atoms with E-state index in [9.17, 15) is 54.3 Å². The maximum absolute atomic E-state index is 14.4. The van der Waals surface area contributed by atoms with E-state index in [0.29, 0.717) is 12.1 Å². The zero-order chi connectivity index (χ0) is 35.8. The van der Waals surface area contributed by atoms with Crippen molar-refractivity contribution < 1.29 is 82.7 Å². The van der Waals surface area contributed by atoms with Crippen LogP contribution in [0.3, 0.4) is 0 Å². The van der Waals surface area contributed by atoms with Gasteiger partial charge in [0.1, 0.15) is 22.6 Å². The highest BCUT2D eigenvalue weighted by Crippen LogP contribution is 2.49. The Hall–Kier alpha value is -5.94. The SMILES string of the molecule is C=CC(=O)OCOc1ccc(C(=O)Oc2ccc(OC(=O)c3ccc(OCOC(=O)C=C)c(F)c3)c(C(F)(F)F)c2C(F)(F)F)cc1F. The molecule has 254 valence electrons. The van der Waals surface area contributed by atoms with Gasteiger partial charge in [0.05, 0.1) is 11.1 Å². The van der Waals surface area contributed by atoms with Crippen LogP contribution in [0.2, 0.25) is 0 Å². The minimum absolute atomic E-state index is 0.239. The number of carbonyl (C=O) groups is 4. The van der Waals surface area contributed by atoms with Crippen LogP contribution in [0.4, 0.5) is 35.1 Å². The van der Waals surface area contributed by atoms with Crippen LogP contribution >= 0.6 is 0 Å². The van der Waals surface area contributed by atoms with Crippen molar-refractivity contribution in [3.63, 3.8) is 0 Å². The highest BCUT2D eigenvalue weighted by Gasteiger charge is 2.49. The van der Waals surface area contributed by atoms with E-state index in [0.717, 1.165) is 36.4 Å². The van der Waals surface area contributed by atoms with E-state index in [1.807, 2.05) is 0 Å². The monoisotopic (exact) mass is 690 g/mol. The number of rotatable bonds is 12. The molecule has 0 radical (unpaired) electrons. The number of halogens is 8. The van der Waals surface area contributed by atoms with Crippen LogP contribution in [0, 0.1) is 11.6 Å². The van der Waals surface area contributed by atoms with Crippen molar-refractivity contribution >= 4 is 23.9 Å². The smallest absolute Gasteiger partial charge is 0.420 e. The molecule has 0 aliphatic rings. The maximum atomic E-state index is 14.4. The molecule has 3 aromatic carbocycles. The largest absolute Gasteiger partial charge is 0.454 e. The van der Waals surface area contributed by atoms with Gasteiger partial charge in [-0.2, -0.15) is 26.3 Å². The molecule has 10 nitrogen and oxygen atoms in total. The lowest BCUT2D eigenvalue weighted by molar-refractivity contribution is -0.163. The van der Waals surface area contributed by atoms with Crippen molar-refractivity contribution in [1.29, 1.82) is 0 Å². The fourth-order valence-corrected chi connectivity index (χ4v) is 3.52. The lowest BCUT2D eigenvalue weighted by atomic mass is 10.0. The minimum atomic E-state index is -5.88. The van der Waals surface area contributed by atoms with Crippen molar-refractivity contribution in [2.75, 3.05) is 13.6 Å². The Morgan fingerprint density at radius 2 is 0.917 bits per heavy atom. The quantitative estimate of drug-likeness (QED) is 0.0678.